The van der Waals surface area contributed by atoms with Crippen molar-refractivity contribution in [1.29, 1.82) is 0 Å². The van der Waals surface area contributed by atoms with Crippen LogP contribution >= 0.6 is 11.6 Å². The van der Waals surface area contributed by atoms with E-state index in [2.05, 4.69) is 5.10 Å². The van der Waals surface area contributed by atoms with Crippen LogP contribution in [0, 0.1) is 0 Å². The average molecular weight is 414 g/mol. The molecule has 0 radical (unpaired) electrons. The SMILES string of the molecule is COc1cc(N2Cc3nn(-c4ccc(Cl)cc4)cc3C2=O)ccc1OCC(C)O. The van der Waals surface area contributed by atoms with Crippen molar-refractivity contribution in [3.63, 3.8) is 0 Å². The van der Waals surface area contributed by atoms with Gasteiger partial charge in [0.2, 0.25) is 0 Å². The number of methoxy groups -OCH3 is 1. The van der Waals surface area contributed by atoms with E-state index in [1.807, 2.05) is 12.1 Å². The number of fused-ring (bicyclic) bond motifs is 1. The topological polar surface area (TPSA) is 76.8 Å². The normalized spacial score (nSPS) is 14.1. The van der Waals surface area contributed by atoms with E-state index >= 15 is 0 Å². The fraction of sp³-hybridized carbons (Fsp3) is 0.238. The van der Waals surface area contributed by atoms with Crippen molar-refractivity contribution in [2.24, 2.45) is 0 Å². The zero-order chi connectivity index (χ0) is 20.5. The lowest BCUT2D eigenvalue weighted by Gasteiger charge is -2.19. The molecular formula is C21H20ClN3O4. The van der Waals surface area contributed by atoms with Crippen molar-refractivity contribution in [3.05, 3.63) is 64.9 Å². The third-order valence-corrected chi connectivity index (χ3v) is 4.86. The maximum atomic E-state index is 12.9. The van der Waals surface area contributed by atoms with Crippen LogP contribution in [0.1, 0.15) is 23.0 Å². The molecule has 0 spiro atoms. The van der Waals surface area contributed by atoms with E-state index in [1.54, 1.807) is 53.0 Å². The second-order valence-corrected chi connectivity index (χ2v) is 7.23. The predicted molar refractivity (Wildman–Crippen MR) is 109 cm³/mol. The van der Waals surface area contributed by atoms with E-state index in [-0.39, 0.29) is 12.5 Å². The van der Waals surface area contributed by atoms with Gasteiger partial charge in [-0.15, -0.1) is 0 Å². The third-order valence-electron chi connectivity index (χ3n) is 4.60. The van der Waals surface area contributed by atoms with Gasteiger partial charge in [0.05, 0.1) is 36.7 Å². The molecule has 0 bridgehead atoms. The Labute approximate surface area is 173 Å². The number of benzene rings is 2. The smallest absolute Gasteiger partial charge is 0.262 e. The van der Waals surface area contributed by atoms with Crippen molar-refractivity contribution in [3.8, 4) is 17.2 Å². The number of hydrogen-bond donors (Lipinski definition) is 1. The Morgan fingerprint density at radius 1 is 1.17 bits per heavy atom. The van der Waals surface area contributed by atoms with Gasteiger partial charge >= 0.3 is 0 Å². The highest BCUT2D eigenvalue weighted by atomic mass is 35.5. The summed E-state index contributed by atoms with van der Waals surface area (Å²) in [4.78, 5) is 14.6. The van der Waals surface area contributed by atoms with Gasteiger partial charge < -0.3 is 19.5 Å². The minimum Gasteiger partial charge on any atom is -0.493 e. The number of hydrogen-bond acceptors (Lipinski definition) is 5. The quantitative estimate of drug-likeness (QED) is 0.669. The first-order chi connectivity index (χ1) is 14.0. The summed E-state index contributed by atoms with van der Waals surface area (Å²) < 4.78 is 12.6. The Bertz CT molecular complexity index is 1050. The molecule has 7 nitrogen and oxygen atoms in total. The number of carbonyl (C=O) groups excluding carboxylic acids is 1. The summed E-state index contributed by atoms with van der Waals surface area (Å²) in [5, 5.41) is 14.6. The molecule has 1 amide bonds. The Hall–Kier alpha value is -3.03. The van der Waals surface area contributed by atoms with E-state index < -0.39 is 6.10 Å². The summed E-state index contributed by atoms with van der Waals surface area (Å²) in [6.45, 7) is 2.17. The number of aliphatic hydroxyl groups excluding tert-OH is 1. The van der Waals surface area contributed by atoms with Crippen molar-refractivity contribution >= 4 is 23.2 Å². The standard InChI is InChI=1S/C21H20ClN3O4/c1-13(26)12-29-19-8-7-16(9-20(19)28-2)24-11-18-17(21(24)27)10-25(23-18)15-5-3-14(22)4-6-15/h3-10,13,26H,11-12H2,1-2H3. The number of nitrogens with zero attached hydrogens (tertiary/aromatic N) is 3. The van der Waals surface area contributed by atoms with Crippen LogP contribution in [0.15, 0.2) is 48.7 Å². The zero-order valence-electron chi connectivity index (χ0n) is 16.0. The molecule has 8 heteroatoms. The van der Waals surface area contributed by atoms with Gasteiger partial charge in [0.25, 0.3) is 5.91 Å². The van der Waals surface area contributed by atoms with Gasteiger partial charge in [-0.25, -0.2) is 4.68 Å². The highest BCUT2D eigenvalue weighted by Crippen LogP contribution is 2.35. The van der Waals surface area contributed by atoms with Crippen molar-refractivity contribution in [1.82, 2.24) is 9.78 Å². The number of anilines is 1. The molecular weight excluding hydrogens is 394 g/mol. The fourth-order valence-corrected chi connectivity index (χ4v) is 3.29. The number of aliphatic hydroxyl groups is 1. The second kappa shape index (κ2) is 7.77. The summed E-state index contributed by atoms with van der Waals surface area (Å²) >= 11 is 5.93. The van der Waals surface area contributed by atoms with Crippen LogP contribution in [0.4, 0.5) is 5.69 Å². The average Bonchev–Trinajstić information content (AvgIpc) is 3.26. The van der Waals surface area contributed by atoms with Gasteiger partial charge in [0.1, 0.15) is 6.61 Å². The number of ether oxygens (including phenoxy) is 2. The van der Waals surface area contributed by atoms with Crippen LogP contribution in [0.3, 0.4) is 0 Å². The summed E-state index contributed by atoms with van der Waals surface area (Å²) in [5.74, 6) is 0.876. The van der Waals surface area contributed by atoms with Gasteiger partial charge in [-0.1, -0.05) is 11.6 Å². The van der Waals surface area contributed by atoms with Gasteiger partial charge in [-0.2, -0.15) is 5.10 Å². The van der Waals surface area contributed by atoms with Crippen LogP contribution in [0.5, 0.6) is 11.5 Å². The number of aromatic nitrogens is 2. The van der Waals surface area contributed by atoms with Crippen LogP contribution in [-0.2, 0) is 6.54 Å². The van der Waals surface area contributed by atoms with Crippen LogP contribution in [0.2, 0.25) is 5.02 Å². The van der Waals surface area contributed by atoms with E-state index in [1.165, 1.54) is 7.11 Å². The van der Waals surface area contributed by atoms with E-state index in [0.29, 0.717) is 40.0 Å². The Morgan fingerprint density at radius 2 is 1.90 bits per heavy atom. The predicted octanol–water partition coefficient (Wildman–Crippen LogP) is 3.45. The summed E-state index contributed by atoms with van der Waals surface area (Å²) in [6.07, 6.45) is 1.14. The molecule has 4 rings (SSSR count). The Kier molecular flexibility index (Phi) is 5.17. The lowest BCUT2D eigenvalue weighted by Crippen LogP contribution is -2.24. The maximum Gasteiger partial charge on any atom is 0.262 e. The first-order valence-corrected chi connectivity index (χ1v) is 9.49. The van der Waals surface area contributed by atoms with Crippen molar-refractivity contribution in [2.75, 3.05) is 18.6 Å². The molecule has 1 unspecified atom stereocenters. The monoisotopic (exact) mass is 413 g/mol. The minimum atomic E-state index is -0.590. The number of halogens is 1. The van der Waals surface area contributed by atoms with Crippen molar-refractivity contribution < 1.29 is 19.4 Å². The molecule has 0 saturated carbocycles. The molecule has 1 aliphatic rings. The molecule has 150 valence electrons. The molecule has 3 aromatic rings. The molecule has 1 aromatic heterocycles. The molecule has 0 aliphatic carbocycles. The molecule has 0 saturated heterocycles. The fourth-order valence-electron chi connectivity index (χ4n) is 3.16. The lowest BCUT2D eigenvalue weighted by atomic mass is 10.2. The lowest BCUT2D eigenvalue weighted by molar-refractivity contribution is 0.0996. The van der Waals surface area contributed by atoms with Gasteiger partial charge in [0.15, 0.2) is 11.5 Å². The van der Waals surface area contributed by atoms with Crippen LogP contribution < -0.4 is 14.4 Å². The summed E-state index contributed by atoms with van der Waals surface area (Å²) in [7, 11) is 1.53. The molecule has 1 aliphatic heterocycles. The number of carbonyl (C=O) groups is 1. The molecule has 2 heterocycles. The maximum absolute atomic E-state index is 12.9. The van der Waals surface area contributed by atoms with Gasteiger partial charge in [-0.05, 0) is 43.3 Å². The molecule has 2 aromatic carbocycles. The molecule has 0 fully saturated rings. The van der Waals surface area contributed by atoms with E-state index in [0.717, 1.165) is 5.69 Å². The van der Waals surface area contributed by atoms with Crippen molar-refractivity contribution in [2.45, 2.75) is 19.6 Å². The second-order valence-electron chi connectivity index (χ2n) is 6.80. The van der Waals surface area contributed by atoms with Crippen LogP contribution in [-0.4, -0.2) is 40.6 Å². The number of rotatable bonds is 6. The van der Waals surface area contributed by atoms with E-state index in [9.17, 15) is 9.90 Å². The highest BCUT2D eigenvalue weighted by Gasteiger charge is 2.32. The van der Waals surface area contributed by atoms with Crippen LogP contribution in [0.25, 0.3) is 5.69 Å². The highest BCUT2D eigenvalue weighted by molar-refractivity contribution is 6.30. The molecule has 1 atom stereocenters. The zero-order valence-corrected chi connectivity index (χ0v) is 16.8. The largest absolute Gasteiger partial charge is 0.493 e. The number of amides is 1. The summed E-state index contributed by atoms with van der Waals surface area (Å²) in [5.41, 5.74) is 2.79. The minimum absolute atomic E-state index is 0.125. The van der Waals surface area contributed by atoms with Gasteiger partial charge in [-0.3, -0.25) is 4.79 Å². The first-order valence-electron chi connectivity index (χ1n) is 9.11. The van der Waals surface area contributed by atoms with Gasteiger partial charge in [0, 0.05) is 23.0 Å². The Morgan fingerprint density at radius 3 is 2.55 bits per heavy atom. The first kappa shape index (κ1) is 19.3. The molecule has 1 N–H and O–H groups in total. The summed E-state index contributed by atoms with van der Waals surface area (Å²) in [6, 6.07) is 12.5. The van der Waals surface area contributed by atoms with E-state index in [4.69, 9.17) is 21.1 Å². The molecule has 29 heavy (non-hydrogen) atoms. The third kappa shape index (κ3) is 3.79. The Balaban J connectivity index is 1.56.